The number of rotatable bonds is 12. The number of ether oxygens (including phenoxy) is 2. The third-order valence-electron chi connectivity index (χ3n) is 12.2. The number of hydrogen-bond donors (Lipinski definition) is 6. The number of anilines is 4. The number of nitrogens with one attached hydrogen (secondary N) is 2. The molecule has 8 heterocycles. The summed E-state index contributed by atoms with van der Waals surface area (Å²) in [6.07, 6.45) is 3.19. The molecule has 4 saturated heterocycles. The zero-order valence-electron chi connectivity index (χ0n) is 33.2. The van der Waals surface area contributed by atoms with Crippen LogP contribution in [0.3, 0.4) is 0 Å². The molecular formula is C41H44F2N12O7. The first-order valence-corrected chi connectivity index (χ1v) is 20.6. The largest absolute Gasteiger partial charge is 0.394 e. The van der Waals surface area contributed by atoms with Gasteiger partial charge in [0, 0.05) is 62.2 Å². The van der Waals surface area contributed by atoms with E-state index in [-0.39, 0.29) is 60.6 Å². The Morgan fingerprint density at radius 1 is 0.677 bits per heavy atom. The summed E-state index contributed by atoms with van der Waals surface area (Å²) in [5.74, 6) is -0.810. The smallest absolute Gasteiger partial charge is 0.197 e. The van der Waals surface area contributed by atoms with Gasteiger partial charge in [0.05, 0.1) is 49.5 Å². The van der Waals surface area contributed by atoms with Crippen LogP contribution in [0.15, 0.2) is 61.7 Å². The molecule has 0 bridgehead atoms. The van der Waals surface area contributed by atoms with Crippen LogP contribution in [0.4, 0.5) is 31.8 Å². The van der Waals surface area contributed by atoms with Gasteiger partial charge in [-0.1, -0.05) is 12.1 Å². The van der Waals surface area contributed by atoms with Gasteiger partial charge in [0.2, 0.25) is 0 Å². The van der Waals surface area contributed by atoms with Gasteiger partial charge in [-0.3, -0.25) is 13.9 Å². The van der Waals surface area contributed by atoms with Crippen molar-refractivity contribution in [2.24, 2.45) is 0 Å². The Labute approximate surface area is 352 Å². The van der Waals surface area contributed by atoms with Crippen LogP contribution in [-0.2, 0) is 9.47 Å². The summed E-state index contributed by atoms with van der Waals surface area (Å²) in [4.78, 5) is 44.7. The Hall–Kier alpha value is -5.97. The van der Waals surface area contributed by atoms with E-state index in [0.29, 0.717) is 73.0 Å². The first-order valence-electron chi connectivity index (χ1n) is 20.6. The lowest BCUT2D eigenvalue weighted by Gasteiger charge is -2.25. The fourth-order valence-corrected chi connectivity index (χ4v) is 9.22. The highest BCUT2D eigenvalue weighted by atomic mass is 19.1. The monoisotopic (exact) mass is 854 g/mol. The minimum Gasteiger partial charge on any atom is -0.394 e. The summed E-state index contributed by atoms with van der Waals surface area (Å²) in [5.41, 5.74) is 2.20. The lowest BCUT2D eigenvalue weighted by Crippen LogP contribution is -2.29. The number of para-hydroxylation sites is 2. The molecule has 324 valence electrons. The summed E-state index contributed by atoms with van der Waals surface area (Å²) >= 11 is 0. The van der Waals surface area contributed by atoms with Crippen molar-refractivity contribution in [3.63, 3.8) is 0 Å². The number of imidazole rings is 2. The Morgan fingerprint density at radius 3 is 1.55 bits per heavy atom. The number of benzene rings is 2. The number of aromatic nitrogens is 8. The van der Waals surface area contributed by atoms with Crippen molar-refractivity contribution >= 4 is 51.1 Å². The normalized spacial score (nSPS) is 26.4. The van der Waals surface area contributed by atoms with Crippen molar-refractivity contribution in [3.8, 4) is 0 Å². The molecule has 4 aliphatic heterocycles. The molecule has 19 nitrogen and oxygen atoms in total. The number of carbonyl (C=O) groups excluding carboxylic acids is 1. The van der Waals surface area contributed by atoms with Gasteiger partial charge < -0.3 is 50.3 Å². The number of nitrogens with zero attached hydrogens (tertiary/aromatic N) is 10. The van der Waals surface area contributed by atoms with Crippen molar-refractivity contribution in [1.29, 1.82) is 0 Å². The fraction of sp³-hybridized carbons (Fsp3) is 0.439. The van der Waals surface area contributed by atoms with Gasteiger partial charge in [-0.05, 0) is 37.1 Å². The summed E-state index contributed by atoms with van der Waals surface area (Å²) in [6.45, 7) is 1.01. The minimum atomic E-state index is -0.859. The second-order valence-electron chi connectivity index (χ2n) is 16.1. The quantitative estimate of drug-likeness (QED) is 0.0968. The van der Waals surface area contributed by atoms with Crippen molar-refractivity contribution in [2.45, 2.75) is 74.6 Å². The molecule has 10 rings (SSSR count). The van der Waals surface area contributed by atoms with Crippen LogP contribution >= 0.6 is 0 Å². The van der Waals surface area contributed by atoms with Gasteiger partial charge in [0.15, 0.2) is 52.2 Å². The zero-order chi connectivity index (χ0) is 42.6. The van der Waals surface area contributed by atoms with Crippen LogP contribution in [-0.4, -0.2) is 141 Å². The lowest BCUT2D eigenvalue weighted by molar-refractivity contribution is -0.0486. The van der Waals surface area contributed by atoms with Crippen LogP contribution in [0.2, 0.25) is 0 Å². The molecule has 6 aromatic rings. The van der Waals surface area contributed by atoms with E-state index in [1.165, 1.54) is 49.6 Å². The van der Waals surface area contributed by atoms with E-state index in [2.05, 4.69) is 40.5 Å². The number of aliphatic hydroxyl groups is 4. The average molecular weight is 855 g/mol. The maximum Gasteiger partial charge on any atom is 0.197 e. The standard InChI is InChI=1S/C41H44F2N12O7/c42-27-5-1-3-25(33(27)52-9-7-21(13-52)50-36-31-38(46-17-44-36)54(19-48-31)40-29(58)11-23(15-56)61-40)35(60)26-4-2-6-28(43)34(26)53-10-8-22(14-53)51-37-32-39(47-18-45-37)55(20-49-32)41-30(59)12-24(16-57)62-41/h1-6,17-24,29-30,40-41,56-59H,7-16H2,(H,44,46,50)(H,45,47,51)/t21-,22-,23+,24+,29-,30-,40-,41-/m1/s1. The summed E-state index contributed by atoms with van der Waals surface area (Å²) in [5, 5.41) is 47.1. The molecule has 0 aliphatic carbocycles. The molecule has 0 radical (unpaired) electrons. The Kier molecular flexibility index (Phi) is 10.6. The maximum absolute atomic E-state index is 15.9. The molecule has 0 unspecified atom stereocenters. The number of halogens is 2. The SMILES string of the molecule is O=C(c1cccc(F)c1N1CC[C@@H](Nc2ncnc3c2ncn3[C@@H]2O[C@H](CO)C[C@H]2O)C1)c1cccc(F)c1N1CC[C@@H](Nc2ncnc3c2ncn3[C@@H]2O[C@H](CO)C[C@H]2O)C1. The van der Waals surface area contributed by atoms with E-state index in [4.69, 9.17) is 9.47 Å². The molecule has 0 spiro atoms. The second kappa shape index (κ2) is 16.4. The average Bonchev–Trinajstić information content (AvgIpc) is 4.14. The summed E-state index contributed by atoms with van der Waals surface area (Å²) in [6, 6.07) is 8.23. The number of aliphatic hydroxyl groups excluding tert-OH is 4. The predicted octanol–water partition coefficient (Wildman–Crippen LogP) is 2.14. The summed E-state index contributed by atoms with van der Waals surface area (Å²) < 4.78 is 46.7. The second-order valence-corrected chi connectivity index (χ2v) is 16.1. The van der Waals surface area contributed by atoms with Gasteiger partial charge in [0.25, 0.3) is 0 Å². The third kappa shape index (κ3) is 7.13. The van der Waals surface area contributed by atoms with E-state index < -0.39 is 54.3 Å². The van der Waals surface area contributed by atoms with Crippen LogP contribution < -0.4 is 20.4 Å². The first kappa shape index (κ1) is 40.1. The maximum atomic E-state index is 15.9. The molecule has 4 aromatic heterocycles. The van der Waals surface area contributed by atoms with E-state index >= 15 is 8.78 Å². The Balaban J connectivity index is 0.853. The first-order chi connectivity index (χ1) is 30.2. The van der Waals surface area contributed by atoms with Crippen LogP contribution in [0.1, 0.15) is 54.1 Å². The molecular weight excluding hydrogens is 811 g/mol. The lowest BCUT2D eigenvalue weighted by atomic mass is 9.98. The van der Waals surface area contributed by atoms with E-state index in [9.17, 15) is 25.2 Å². The number of fused-ring (bicyclic) bond motifs is 2. The number of hydrogen-bond acceptors (Lipinski definition) is 17. The molecule has 6 N–H and O–H groups in total. The van der Waals surface area contributed by atoms with Gasteiger partial charge in [0.1, 0.15) is 36.5 Å². The highest BCUT2D eigenvalue weighted by Crippen LogP contribution is 2.37. The van der Waals surface area contributed by atoms with Gasteiger partial charge in [-0.15, -0.1) is 0 Å². The molecule has 0 amide bonds. The Morgan fingerprint density at radius 2 is 1.13 bits per heavy atom. The summed E-state index contributed by atoms with van der Waals surface area (Å²) in [7, 11) is 0. The molecule has 2 aromatic carbocycles. The van der Waals surface area contributed by atoms with Crippen molar-refractivity contribution < 1.29 is 43.5 Å². The van der Waals surface area contributed by atoms with E-state index in [1.807, 2.05) is 0 Å². The topological polar surface area (TPSA) is 234 Å². The van der Waals surface area contributed by atoms with Crippen LogP contribution in [0, 0.1) is 11.6 Å². The highest BCUT2D eigenvalue weighted by Gasteiger charge is 2.38. The predicted molar refractivity (Wildman–Crippen MR) is 219 cm³/mol. The number of ketones is 1. The fourth-order valence-electron chi connectivity index (χ4n) is 9.22. The van der Waals surface area contributed by atoms with Crippen LogP contribution in [0.25, 0.3) is 22.3 Å². The molecule has 4 fully saturated rings. The number of carbonyl (C=O) groups is 1. The highest BCUT2D eigenvalue weighted by molar-refractivity contribution is 6.15. The van der Waals surface area contributed by atoms with Crippen molar-refractivity contribution in [2.75, 3.05) is 59.8 Å². The van der Waals surface area contributed by atoms with Gasteiger partial charge in [-0.2, -0.15) is 0 Å². The van der Waals surface area contributed by atoms with Gasteiger partial charge in [-0.25, -0.2) is 38.7 Å². The van der Waals surface area contributed by atoms with Crippen LogP contribution in [0.5, 0.6) is 0 Å². The van der Waals surface area contributed by atoms with E-state index in [1.54, 1.807) is 31.1 Å². The molecule has 8 atom stereocenters. The Bertz CT molecular complexity index is 2460. The minimum absolute atomic E-state index is 0.103. The van der Waals surface area contributed by atoms with Gasteiger partial charge >= 0.3 is 0 Å². The van der Waals surface area contributed by atoms with Crippen molar-refractivity contribution in [3.05, 3.63) is 84.5 Å². The zero-order valence-corrected chi connectivity index (χ0v) is 33.2. The van der Waals surface area contributed by atoms with E-state index in [0.717, 1.165) is 0 Å². The molecule has 4 aliphatic rings. The molecule has 62 heavy (non-hydrogen) atoms. The molecule has 21 heteroatoms. The third-order valence-corrected chi connectivity index (χ3v) is 12.2. The molecule has 0 saturated carbocycles. The van der Waals surface area contributed by atoms with Crippen molar-refractivity contribution in [1.82, 2.24) is 39.0 Å².